The van der Waals surface area contributed by atoms with Crippen LogP contribution in [0, 0.1) is 11.3 Å². The minimum Gasteiger partial charge on any atom is -0.508 e. The summed E-state index contributed by atoms with van der Waals surface area (Å²) in [5.41, 5.74) is 2.50. The summed E-state index contributed by atoms with van der Waals surface area (Å²) < 4.78 is 0. The van der Waals surface area contributed by atoms with Gasteiger partial charge in [0, 0.05) is 44.0 Å². The highest BCUT2D eigenvalue weighted by Crippen LogP contribution is 2.47. The number of fused-ring (bicyclic) bond motifs is 3. The molecule has 2 heterocycles. The van der Waals surface area contributed by atoms with Gasteiger partial charge in [-0.15, -0.1) is 0 Å². The number of nitrogens with zero attached hydrogens (tertiary/aromatic N) is 2. The zero-order chi connectivity index (χ0) is 20.7. The van der Waals surface area contributed by atoms with Crippen LogP contribution in [0.1, 0.15) is 74.8 Å². The minimum atomic E-state index is -0.00162. The van der Waals surface area contributed by atoms with Crippen LogP contribution in [-0.2, 0) is 16.0 Å². The van der Waals surface area contributed by atoms with E-state index in [-0.39, 0.29) is 17.2 Å². The summed E-state index contributed by atoms with van der Waals surface area (Å²) in [4.78, 5) is 29.3. The number of carbonyl (C=O) groups is 2. The number of aryl methyl sites for hydroxylation is 1. The van der Waals surface area contributed by atoms with Crippen molar-refractivity contribution in [2.75, 3.05) is 26.2 Å². The predicted octanol–water partition coefficient (Wildman–Crippen LogP) is 3.84. The molecule has 0 aromatic heterocycles. The van der Waals surface area contributed by atoms with Gasteiger partial charge in [0.25, 0.3) is 0 Å². The number of phenolic OH excluding ortho intramolecular Hbond substituents is 1. The average molecular weight is 411 g/mol. The van der Waals surface area contributed by atoms with Gasteiger partial charge in [-0.25, -0.2) is 0 Å². The molecule has 2 atom stereocenters. The second kappa shape index (κ2) is 7.99. The highest BCUT2D eigenvalue weighted by Gasteiger charge is 2.45. The smallest absolute Gasteiger partial charge is 0.229 e. The fraction of sp³-hybridized carbons (Fsp3) is 0.680. The molecule has 5 rings (SSSR count). The number of benzene rings is 1. The van der Waals surface area contributed by atoms with E-state index in [1.54, 1.807) is 4.90 Å². The van der Waals surface area contributed by atoms with Gasteiger partial charge in [0.1, 0.15) is 5.75 Å². The maximum atomic E-state index is 12.6. The van der Waals surface area contributed by atoms with Crippen molar-refractivity contribution in [3.05, 3.63) is 29.3 Å². The van der Waals surface area contributed by atoms with E-state index in [4.69, 9.17) is 0 Å². The van der Waals surface area contributed by atoms with Gasteiger partial charge in [-0.2, -0.15) is 0 Å². The highest BCUT2D eigenvalue weighted by molar-refractivity contribution is 5.98. The van der Waals surface area contributed by atoms with Crippen LogP contribution in [0.25, 0.3) is 0 Å². The second-order valence-corrected chi connectivity index (χ2v) is 10.2. The van der Waals surface area contributed by atoms with Gasteiger partial charge in [-0.1, -0.05) is 25.0 Å². The minimum absolute atomic E-state index is 0.00162. The lowest BCUT2D eigenvalue weighted by molar-refractivity contribution is -0.153. The molecule has 2 aliphatic carbocycles. The van der Waals surface area contributed by atoms with Crippen molar-refractivity contribution in [3.63, 3.8) is 0 Å². The topological polar surface area (TPSA) is 60.9 Å². The van der Waals surface area contributed by atoms with Crippen molar-refractivity contribution in [1.82, 2.24) is 9.80 Å². The third-order valence-corrected chi connectivity index (χ3v) is 8.27. The number of hydrogen-bond acceptors (Lipinski definition) is 4. The zero-order valence-electron chi connectivity index (χ0n) is 17.9. The SMILES string of the molecule is O=C1CC2(CCCC2)CC(=O)N1CCCCN1C[C@@H]2CCc3cccc(O)c3[C@@H]2C1. The molecule has 4 aliphatic rings. The lowest BCUT2D eigenvalue weighted by atomic mass is 9.76. The Hall–Kier alpha value is -1.88. The Morgan fingerprint density at radius 1 is 1.00 bits per heavy atom. The molecule has 0 unspecified atom stereocenters. The Balaban J connectivity index is 1.11. The van der Waals surface area contributed by atoms with E-state index in [0.29, 0.717) is 37.0 Å². The normalized spacial score (nSPS) is 28.2. The number of likely N-dealkylation sites (tertiary alicyclic amines) is 2. The van der Waals surface area contributed by atoms with Crippen molar-refractivity contribution in [2.24, 2.45) is 11.3 Å². The molecule has 1 spiro atoms. The van der Waals surface area contributed by atoms with Gasteiger partial charge < -0.3 is 10.0 Å². The summed E-state index contributed by atoms with van der Waals surface area (Å²) >= 11 is 0. The molecule has 2 saturated heterocycles. The summed E-state index contributed by atoms with van der Waals surface area (Å²) in [5, 5.41) is 10.4. The van der Waals surface area contributed by atoms with E-state index in [1.807, 2.05) is 12.1 Å². The Labute approximate surface area is 179 Å². The number of rotatable bonds is 5. The first kappa shape index (κ1) is 20.0. The van der Waals surface area contributed by atoms with E-state index in [2.05, 4.69) is 11.0 Å². The maximum absolute atomic E-state index is 12.6. The summed E-state index contributed by atoms with van der Waals surface area (Å²) in [6.07, 6.45) is 9.76. The molecule has 1 N–H and O–H groups in total. The van der Waals surface area contributed by atoms with Crippen LogP contribution in [0.3, 0.4) is 0 Å². The van der Waals surface area contributed by atoms with Crippen LogP contribution in [0.2, 0.25) is 0 Å². The fourth-order valence-electron chi connectivity index (χ4n) is 6.72. The number of carbonyl (C=O) groups excluding carboxylic acids is 2. The van der Waals surface area contributed by atoms with Crippen molar-refractivity contribution in [2.45, 2.75) is 70.1 Å². The quantitative estimate of drug-likeness (QED) is 0.592. The summed E-state index contributed by atoms with van der Waals surface area (Å²) in [6.45, 7) is 3.70. The lowest BCUT2D eigenvalue weighted by Crippen LogP contribution is -2.47. The number of aromatic hydroxyl groups is 1. The van der Waals surface area contributed by atoms with Gasteiger partial charge >= 0.3 is 0 Å². The number of phenols is 1. The molecule has 3 fully saturated rings. The van der Waals surface area contributed by atoms with E-state index < -0.39 is 0 Å². The Kier molecular flexibility index (Phi) is 5.34. The molecule has 5 nitrogen and oxygen atoms in total. The second-order valence-electron chi connectivity index (χ2n) is 10.2. The average Bonchev–Trinajstić information content (AvgIpc) is 3.33. The Morgan fingerprint density at radius 2 is 1.73 bits per heavy atom. The van der Waals surface area contributed by atoms with Crippen molar-refractivity contribution >= 4 is 11.8 Å². The fourth-order valence-corrected chi connectivity index (χ4v) is 6.72. The van der Waals surface area contributed by atoms with Crippen molar-refractivity contribution in [1.29, 1.82) is 0 Å². The number of unbranched alkanes of at least 4 members (excludes halogenated alkanes) is 1. The number of piperidine rings is 1. The van der Waals surface area contributed by atoms with Crippen LogP contribution in [0.15, 0.2) is 18.2 Å². The van der Waals surface area contributed by atoms with E-state index in [0.717, 1.165) is 51.7 Å². The molecule has 2 amide bonds. The van der Waals surface area contributed by atoms with Gasteiger partial charge in [0.2, 0.25) is 11.8 Å². The Bertz CT molecular complexity index is 810. The van der Waals surface area contributed by atoms with Crippen LogP contribution in [0.4, 0.5) is 0 Å². The molecular formula is C25H34N2O3. The highest BCUT2D eigenvalue weighted by atomic mass is 16.3. The molecule has 1 saturated carbocycles. The lowest BCUT2D eigenvalue weighted by Gasteiger charge is -2.37. The molecular weight excluding hydrogens is 376 g/mol. The summed E-state index contributed by atoms with van der Waals surface area (Å²) in [7, 11) is 0. The molecule has 2 aliphatic heterocycles. The number of amides is 2. The van der Waals surface area contributed by atoms with Gasteiger partial charge in [0.15, 0.2) is 0 Å². The summed E-state index contributed by atoms with van der Waals surface area (Å²) in [6, 6.07) is 5.95. The largest absolute Gasteiger partial charge is 0.508 e. The first-order chi connectivity index (χ1) is 14.5. The molecule has 0 bridgehead atoms. The van der Waals surface area contributed by atoms with Crippen LogP contribution >= 0.6 is 0 Å². The van der Waals surface area contributed by atoms with E-state index in [1.165, 1.54) is 30.4 Å². The van der Waals surface area contributed by atoms with Crippen molar-refractivity contribution < 1.29 is 14.7 Å². The van der Waals surface area contributed by atoms with E-state index in [9.17, 15) is 14.7 Å². The molecule has 1 aromatic carbocycles. The first-order valence-corrected chi connectivity index (χ1v) is 11.9. The van der Waals surface area contributed by atoms with Crippen LogP contribution < -0.4 is 0 Å². The van der Waals surface area contributed by atoms with Gasteiger partial charge in [-0.05, 0) is 68.0 Å². The van der Waals surface area contributed by atoms with Crippen LogP contribution in [-0.4, -0.2) is 52.9 Å². The van der Waals surface area contributed by atoms with Crippen molar-refractivity contribution in [3.8, 4) is 5.75 Å². The van der Waals surface area contributed by atoms with Gasteiger partial charge in [-0.3, -0.25) is 14.5 Å². The predicted molar refractivity (Wildman–Crippen MR) is 115 cm³/mol. The first-order valence-electron chi connectivity index (χ1n) is 11.9. The Morgan fingerprint density at radius 3 is 2.50 bits per heavy atom. The molecule has 1 aromatic rings. The molecule has 0 radical (unpaired) electrons. The molecule has 5 heteroatoms. The standard InChI is InChI=1S/C25H34N2O3/c28-21-7-5-6-18-8-9-19-16-26(17-20(19)24(18)21)12-3-4-13-27-22(29)14-25(15-23(27)30)10-1-2-11-25/h5-7,19-20,28H,1-4,8-17H2/t19-,20+/m0/s1. The maximum Gasteiger partial charge on any atom is 0.229 e. The van der Waals surface area contributed by atoms with Crippen LogP contribution in [0.5, 0.6) is 5.75 Å². The van der Waals surface area contributed by atoms with Gasteiger partial charge in [0.05, 0.1) is 0 Å². The number of imide groups is 1. The zero-order valence-corrected chi connectivity index (χ0v) is 17.9. The summed E-state index contributed by atoms with van der Waals surface area (Å²) in [5.74, 6) is 1.67. The van der Waals surface area contributed by atoms with E-state index >= 15 is 0 Å². The number of hydrogen-bond donors (Lipinski definition) is 1. The molecule has 30 heavy (non-hydrogen) atoms. The monoisotopic (exact) mass is 410 g/mol. The molecule has 162 valence electrons. The third-order valence-electron chi connectivity index (χ3n) is 8.27. The third kappa shape index (κ3) is 3.66.